The van der Waals surface area contributed by atoms with Crippen LogP contribution in [0, 0.1) is 29.9 Å². The normalized spacial score (nSPS) is 21.1. The minimum absolute atomic E-state index is 0.0105. The number of carbonyl (C=O) groups excluding carboxylic acids is 1. The summed E-state index contributed by atoms with van der Waals surface area (Å²) >= 11 is 3.06. The van der Waals surface area contributed by atoms with E-state index >= 15 is 0 Å². The number of thiazole rings is 2. The summed E-state index contributed by atoms with van der Waals surface area (Å²) in [5.74, 6) is -0.574. The second-order valence-electron chi connectivity index (χ2n) is 8.33. The van der Waals surface area contributed by atoms with Crippen molar-refractivity contribution in [2.75, 3.05) is 0 Å². The fourth-order valence-electron chi connectivity index (χ4n) is 4.59. The highest BCUT2D eigenvalue weighted by Crippen LogP contribution is 2.47. The zero-order chi connectivity index (χ0) is 24.0. The van der Waals surface area contributed by atoms with Gasteiger partial charge in [-0.15, -0.1) is 22.7 Å². The largest absolute Gasteiger partial charge is 0.320 e. The van der Waals surface area contributed by atoms with Crippen molar-refractivity contribution in [1.29, 1.82) is 0 Å². The Balaban J connectivity index is 1.62. The van der Waals surface area contributed by atoms with Gasteiger partial charge in [0.1, 0.15) is 12.2 Å². The van der Waals surface area contributed by atoms with Crippen LogP contribution in [-0.4, -0.2) is 41.3 Å². The number of nitro groups is 1. The maximum absolute atomic E-state index is 13.7. The molecule has 4 heterocycles. The molecule has 34 heavy (non-hydrogen) atoms. The Labute approximate surface area is 203 Å². The number of amides is 1. The molecule has 3 aromatic rings. The van der Waals surface area contributed by atoms with Gasteiger partial charge in [-0.25, -0.2) is 15.0 Å². The van der Waals surface area contributed by atoms with E-state index in [0.717, 1.165) is 51.7 Å². The van der Waals surface area contributed by atoms with E-state index in [1.54, 1.807) is 16.8 Å². The van der Waals surface area contributed by atoms with Gasteiger partial charge >= 0.3 is 11.6 Å². The van der Waals surface area contributed by atoms with Crippen molar-refractivity contribution in [3.05, 3.63) is 59.7 Å². The summed E-state index contributed by atoms with van der Waals surface area (Å²) in [5, 5.41) is 22.1. The number of hydrogen-bond donors (Lipinski definition) is 0. The highest BCUT2D eigenvalue weighted by Gasteiger charge is 2.47. The second-order valence-corrected chi connectivity index (χ2v) is 10.1. The molecule has 1 saturated carbocycles. The number of hydrazone groups is 1. The van der Waals surface area contributed by atoms with Crippen LogP contribution in [-0.2, 0) is 6.54 Å². The van der Waals surface area contributed by atoms with Gasteiger partial charge in [-0.05, 0) is 51.7 Å². The minimum Gasteiger partial charge on any atom is -0.265 e. The topological polar surface area (TPSA) is 119 Å². The molecule has 5 rings (SSSR count). The average molecular weight is 498 g/mol. The summed E-state index contributed by atoms with van der Waals surface area (Å²) in [4.78, 5) is 35.6. The third kappa shape index (κ3) is 3.76. The zero-order valence-corrected chi connectivity index (χ0v) is 20.6. The lowest BCUT2D eigenvalue weighted by Gasteiger charge is -2.28. The van der Waals surface area contributed by atoms with Gasteiger partial charge in [-0.2, -0.15) is 10.2 Å². The molecule has 0 spiro atoms. The lowest BCUT2D eigenvalue weighted by atomic mass is 9.79. The van der Waals surface area contributed by atoms with E-state index in [1.807, 2.05) is 26.3 Å². The van der Waals surface area contributed by atoms with Gasteiger partial charge in [0.05, 0.1) is 42.8 Å². The predicted molar refractivity (Wildman–Crippen MR) is 130 cm³/mol. The number of rotatable bonds is 5. The summed E-state index contributed by atoms with van der Waals surface area (Å²) in [6.07, 6.45) is 6.11. The molecule has 12 heteroatoms. The lowest BCUT2D eigenvalue weighted by Crippen LogP contribution is -2.32. The van der Waals surface area contributed by atoms with Crippen molar-refractivity contribution in [1.82, 2.24) is 24.8 Å². The zero-order valence-electron chi connectivity index (χ0n) is 19.0. The van der Waals surface area contributed by atoms with Gasteiger partial charge in [0, 0.05) is 12.5 Å². The first-order valence-electron chi connectivity index (χ1n) is 11.0. The van der Waals surface area contributed by atoms with Gasteiger partial charge in [-0.3, -0.25) is 19.6 Å². The van der Waals surface area contributed by atoms with Gasteiger partial charge in [0.25, 0.3) is 0 Å². The van der Waals surface area contributed by atoms with E-state index in [9.17, 15) is 14.9 Å². The summed E-state index contributed by atoms with van der Waals surface area (Å²) in [7, 11) is 0. The summed E-state index contributed by atoms with van der Waals surface area (Å²) in [6, 6.07) is -0.368. The SMILES string of the molecule is CCn1cc([N+](=O)[O-])c(C(=O)N2N=C3/C(=C/c4scnc4C)CCC[C@@H]3[C@@H]2c2scnc2C)n1. The molecule has 1 aliphatic heterocycles. The van der Waals surface area contributed by atoms with E-state index < -0.39 is 10.8 Å². The number of nitrogens with zero attached hydrogens (tertiary/aromatic N) is 7. The molecule has 1 fully saturated rings. The molecule has 1 amide bonds. The van der Waals surface area contributed by atoms with Crippen molar-refractivity contribution in [3.63, 3.8) is 0 Å². The molecule has 0 radical (unpaired) electrons. The quantitative estimate of drug-likeness (QED) is 0.370. The van der Waals surface area contributed by atoms with Crippen LogP contribution in [0.15, 0.2) is 27.9 Å². The third-order valence-electron chi connectivity index (χ3n) is 6.31. The highest BCUT2D eigenvalue weighted by molar-refractivity contribution is 7.10. The predicted octanol–water partition coefficient (Wildman–Crippen LogP) is 4.78. The van der Waals surface area contributed by atoms with Gasteiger partial charge < -0.3 is 0 Å². The fourth-order valence-corrected chi connectivity index (χ4v) is 6.30. The van der Waals surface area contributed by atoms with Crippen molar-refractivity contribution in [2.45, 2.75) is 52.6 Å². The Morgan fingerprint density at radius 3 is 2.68 bits per heavy atom. The molecule has 0 N–H and O–H groups in total. The van der Waals surface area contributed by atoms with Crippen LogP contribution >= 0.6 is 22.7 Å². The average Bonchev–Trinajstić information content (AvgIpc) is 3.59. The first-order valence-corrected chi connectivity index (χ1v) is 12.8. The molecule has 2 atom stereocenters. The van der Waals surface area contributed by atoms with Crippen molar-refractivity contribution >= 4 is 46.1 Å². The van der Waals surface area contributed by atoms with Crippen LogP contribution in [0.4, 0.5) is 5.69 Å². The van der Waals surface area contributed by atoms with Crippen LogP contribution in [0.1, 0.15) is 63.9 Å². The lowest BCUT2D eigenvalue weighted by molar-refractivity contribution is -0.385. The van der Waals surface area contributed by atoms with Crippen LogP contribution in [0.5, 0.6) is 0 Å². The van der Waals surface area contributed by atoms with Crippen molar-refractivity contribution < 1.29 is 9.72 Å². The Bertz CT molecular complexity index is 1340. The van der Waals surface area contributed by atoms with Crippen molar-refractivity contribution in [3.8, 4) is 0 Å². The standard InChI is InChI=1S/C22H23N7O3S2/c1-4-27-9-16(29(31)32)19(25-27)22(30)28-20(21-13(3)24-11-34-21)15-7-5-6-14(18(15)26-28)8-17-12(2)23-10-33-17/h8-11,15,20H,4-7H2,1-3H3/b14-8+/t15-,20+/m0/s1. The molecule has 3 aromatic heterocycles. The molecule has 176 valence electrons. The molecular weight excluding hydrogens is 474 g/mol. The van der Waals surface area contributed by atoms with E-state index in [-0.39, 0.29) is 23.3 Å². The third-order valence-corrected chi connectivity index (χ3v) is 8.19. The molecule has 0 aromatic carbocycles. The van der Waals surface area contributed by atoms with E-state index in [4.69, 9.17) is 5.10 Å². The number of aryl methyl sites for hydroxylation is 3. The van der Waals surface area contributed by atoms with E-state index in [1.165, 1.54) is 27.2 Å². The van der Waals surface area contributed by atoms with Gasteiger partial charge in [0.15, 0.2) is 0 Å². The van der Waals surface area contributed by atoms with Crippen LogP contribution in [0.25, 0.3) is 6.08 Å². The number of hydrogen-bond acceptors (Lipinski definition) is 9. The molecule has 0 saturated heterocycles. The Morgan fingerprint density at radius 2 is 2.03 bits per heavy atom. The molecular formula is C22H23N7O3S2. The smallest absolute Gasteiger partial charge is 0.265 e. The first kappa shape index (κ1) is 22.5. The summed E-state index contributed by atoms with van der Waals surface area (Å²) in [5.41, 5.74) is 6.83. The monoisotopic (exact) mass is 497 g/mol. The summed E-state index contributed by atoms with van der Waals surface area (Å²) < 4.78 is 1.41. The molecule has 0 unspecified atom stereocenters. The van der Waals surface area contributed by atoms with Gasteiger partial charge in [0.2, 0.25) is 5.69 Å². The summed E-state index contributed by atoms with van der Waals surface area (Å²) in [6.45, 7) is 6.13. The van der Waals surface area contributed by atoms with Crippen LogP contribution in [0.2, 0.25) is 0 Å². The second kappa shape index (κ2) is 8.84. The Kier molecular flexibility index (Phi) is 5.86. The number of aromatic nitrogens is 4. The highest BCUT2D eigenvalue weighted by atomic mass is 32.1. The fraction of sp³-hybridized carbons (Fsp3) is 0.409. The number of allylic oxidation sites excluding steroid dienone is 1. The van der Waals surface area contributed by atoms with E-state index in [0.29, 0.717) is 6.54 Å². The molecule has 10 nitrogen and oxygen atoms in total. The molecule has 2 aliphatic rings. The maximum atomic E-state index is 13.7. The molecule has 1 aliphatic carbocycles. The minimum atomic E-state index is -0.563. The number of carbonyl (C=O) groups is 1. The Morgan fingerprint density at radius 1 is 1.26 bits per heavy atom. The first-order chi connectivity index (χ1) is 16.4. The van der Waals surface area contributed by atoms with Crippen LogP contribution in [0.3, 0.4) is 0 Å². The maximum Gasteiger partial charge on any atom is 0.320 e. The van der Waals surface area contributed by atoms with Crippen molar-refractivity contribution in [2.24, 2.45) is 11.0 Å². The molecule has 0 bridgehead atoms. The van der Waals surface area contributed by atoms with Crippen LogP contribution < -0.4 is 0 Å². The van der Waals surface area contributed by atoms with E-state index in [2.05, 4.69) is 21.1 Å². The number of fused-ring (bicyclic) bond motifs is 1. The Hall–Kier alpha value is -3.25. The van der Waals surface area contributed by atoms with Gasteiger partial charge in [-0.1, -0.05) is 0 Å².